The van der Waals surface area contributed by atoms with Crippen molar-refractivity contribution in [2.75, 3.05) is 6.61 Å². The zero-order chi connectivity index (χ0) is 9.84. The molecule has 0 aliphatic carbocycles. The number of aromatic hydroxyl groups is 1. The first-order chi connectivity index (χ1) is 6.16. The molecule has 0 aliphatic heterocycles. The smallest absolute Gasteiger partial charge is 0.165 e. The molecule has 0 bridgehead atoms. The molecule has 0 radical (unpaired) electrons. The van der Waals surface area contributed by atoms with Gasteiger partial charge in [0, 0.05) is 12.2 Å². The Morgan fingerprint density at radius 2 is 1.77 bits per heavy atom. The van der Waals surface area contributed by atoms with Gasteiger partial charge < -0.3 is 10.2 Å². The second-order valence-electron chi connectivity index (χ2n) is 2.68. The van der Waals surface area contributed by atoms with Crippen LogP contribution in [0, 0.1) is 11.6 Å². The number of benzene rings is 1. The van der Waals surface area contributed by atoms with Gasteiger partial charge in [-0.2, -0.15) is 0 Å². The van der Waals surface area contributed by atoms with E-state index in [9.17, 15) is 8.78 Å². The molecule has 0 saturated heterocycles. The number of phenolic OH excluding ortho intramolecular Hbond substituents is 1. The molecule has 0 saturated carbocycles. The normalized spacial score (nSPS) is 10.4. The summed E-state index contributed by atoms with van der Waals surface area (Å²) in [5.41, 5.74) is -0.0750. The lowest BCUT2D eigenvalue weighted by Gasteiger charge is -2.05. The lowest BCUT2D eigenvalue weighted by Crippen LogP contribution is -1.96. The average molecular weight is 188 g/mol. The fourth-order valence-electron chi connectivity index (χ4n) is 1.08. The van der Waals surface area contributed by atoms with Crippen LogP contribution in [-0.4, -0.2) is 16.8 Å². The molecular weight excluding hydrogens is 178 g/mol. The highest BCUT2D eigenvalue weighted by atomic mass is 19.1. The molecule has 13 heavy (non-hydrogen) atoms. The Morgan fingerprint density at radius 3 is 2.38 bits per heavy atom. The van der Waals surface area contributed by atoms with E-state index >= 15 is 0 Å². The molecule has 2 nitrogen and oxygen atoms in total. The van der Waals surface area contributed by atoms with Crippen LogP contribution in [-0.2, 0) is 6.42 Å². The first-order valence-corrected chi connectivity index (χ1v) is 3.93. The summed E-state index contributed by atoms with van der Waals surface area (Å²) in [5, 5.41) is 17.6. The van der Waals surface area contributed by atoms with Gasteiger partial charge in [0.05, 0.1) is 0 Å². The number of halogens is 2. The molecule has 0 amide bonds. The lowest BCUT2D eigenvalue weighted by atomic mass is 10.1. The molecule has 1 aromatic rings. The molecule has 0 heterocycles. The monoisotopic (exact) mass is 188 g/mol. The van der Waals surface area contributed by atoms with Crippen LogP contribution in [0.5, 0.6) is 5.75 Å². The summed E-state index contributed by atoms with van der Waals surface area (Å²) in [7, 11) is 0. The molecule has 1 aromatic carbocycles. The van der Waals surface area contributed by atoms with E-state index in [1.807, 2.05) is 0 Å². The SMILES string of the molecule is OCCCc1c(F)ccc(F)c1O. The lowest BCUT2D eigenvalue weighted by molar-refractivity contribution is 0.287. The van der Waals surface area contributed by atoms with E-state index < -0.39 is 17.4 Å². The van der Waals surface area contributed by atoms with Crippen molar-refractivity contribution in [2.24, 2.45) is 0 Å². The Labute approximate surface area is 74.4 Å². The summed E-state index contributed by atoms with van der Waals surface area (Å²) >= 11 is 0. The zero-order valence-corrected chi connectivity index (χ0v) is 6.93. The average Bonchev–Trinajstić information content (AvgIpc) is 2.12. The van der Waals surface area contributed by atoms with E-state index in [0.29, 0.717) is 6.42 Å². The van der Waals surface area contributed by atoms with Crippen molar-refractivity contribution in [2.45, 2.75) is 12.8 Å². The summed E-state index contributed by atoms with van der Waals surface area (Å²) in [6, 6.07) is 1.83. The Bertz CT molecular complexity index is 300. The third-order valence-corrected chi connectivity index (χ3v) is 1.76. The molecule has 4 heteroatoms. The van der Waals surface area contributed by atoms with Crippen molar-refractivity contribution >= 4 is 0 Å². The number of hydrogen-bond donors (Lipinski definition) is 2. The van der Waals surface area contributed by atoms with Gasteiger partial charge in [0.25, 0.3) is 0 Å². The van der Waals surface area contributed by atoms with Crippen LogP contribution in [0.4, 0.5) is 8.78 Å². The number of phenols is 1. The number of rotatable bonds is 3. The predicted molar refractivity (Wildman–Crippen MR) is 43.4 cm³/mol. The highest BCUT2D eigenvalue weighted by molar-refractivity contribution is 5.34. The van der Waals surface area contributed by atoms with Gasteiger partial charge in [-0.15, -0.1) is 0 Å². The Hall–Kier alpha value is -1.16. The molecular formula is C9H10F2O2. The van der Waals surface area contributed by atoms with Gasteiger partial charge in [0.15, 0.2) is 11.6 Å². The molecule has 2 N–H and O–H groups in total. The molecule has 0 unspecified atom stereocenters. The minimum Gasteiger partial charge on any atom is -0.505 e. The summed E-state index contributed by atoms with van der Waals surface area (Å²) in [6.07, 6.45) is 0.430. The maximum absolute atomic E-state index is 12.9. The molecule has 0 atom stereocenters. The second kappa shape index (κ2) is 4.18. The van der Waals surface area contributed by atoms with Gasteiger partial charge in [0.1, 0.15) is 5.82 Å². The van der Waals surface area contributed by atoms with E-state index in [-0.39, 0.29) is 18.6 Å². The number of aliphatic hydroxyl groups excluding tert-OH is 1. The van der Waals surface area contributed by atoms with Crippen LogP contribution in [0.2, 0.25) is 0 Å². The molecule has 0 fully saturated rings. The fourth-order valence-corrected chi connectivity index (χ4v) is 1.08. The summed E-state index contributed by atoms with van der Waals surface area (Å²) in [5.74, 6) is -2.14. The summed E-state index contributed by atoms with van der Waals surface area (Å²) in [4.78, 5) is 0. The maximum atomic E-state index is 12.9. The van der Waals surface area contributed by atoms with Crippen LogP contribution >= 0.6 is 0 Å². The highest BCUT2D eigenvalue weighted by Gasteiger charge is 2.11. The molecule has 0 aromatic heterocycles. The van der Waals surface area contributed by atoms with Crippen molar-refractivity contribution in [1.82, 2.24) is 0 Å². The topological polar surface area (TPSA) is 40.5 Å². The van der Waals surface area contributed by atoms with Crippen molar-refractivity contribution in [3.8, 4) is 5.75 Å². The van der Waals surface area contributed by atoms with Crippen LogP contribution in [0.15, 0.2) is 12.1 Å². The van der Waals surface area contributed by atoms with Gasteiger partial charge in [-0.3, -0.25) is 0 Å². The maximum Gasteiger partial charge on any atom is 0.165 e. The van der Waals surface area contributed by atoms with E-state index in [1.54, 1.807) is 0 Å². The van der Waals surface area contributed by atoms with Crippen molar-refractivity contribution in [3.63, 3.8) is 0 Å². The van der Waals surface area contributed by atoms with Gasteiger partial charge >= 0.3 is 0 Å². The first-order valence-electron chi connectivity index (χ1n) is 3.93. The number of hydrogen-bond acceptors (Lipinski definition) is 2. The minimum absolute atomic E-state index is 0.0750. The van der Waals surface area contributed by atoms with Gasteiger partial charge in [-0.1, -0.05) is 0 Å². The minimum atomic E-state index is -0.839. The molecule has 0 aliphatic rings. The summed E-state index contributed by atoms with van der Waals surface area (Å²) < 4.78 is 25.7. The first kappa shape index (κ1) is 9.92. The van der Waals surface area contributed by atoms with E-state index in [0.717, 1.165) is 12.1 Å². The van der Waals surface area contributed by atoms with Crippen LogP contribution in [0.25, 0.3) is 0 Å². The quantitative estimate of drug-likeness (QED) is 0.756. The predicted octanol–water partition coefficient (Wildman–Crippen LogP) is 1.60. The largest absolute Gasteiger partial charge is 0.505 e. The van der Waals surface area contributed by atoms with E-state index in [2.05, 4.69) is 0 Å². The second-order valence-corrected chi connectivity index (χ2v) is 2.68. The Kier molecular flexibility index (Phi) is 3.19. The van der Waals surface area contributed by atoms with Gasteiger partial charge in [-0.05, 0) is 25.0 Å². The summed E-state index contributed by atoms with van der Waals surface area (Å²) in [6.45, 7) is -0.116. The molecule has 72 valence electrons. The van der Waals surface area contributed by atoms with Gasteiger partial charge in [-0.25, -0.2) is 8.78 Å². The molecule has 0 spiro atoms. The van der Waals surface area contributed by atoms with Crippen molar-refractivity contribution in [1.29, 1.82) is 0 Å². The van der Waals surface area contributed by atoms with Crippen LogP contribution in [0.1, 0.15) is 12.0 Å². The standard InChI is InChI=1S/C9H10F2O2/c10-7-3-4-8(11)9(13)6(7)2-1-5-12/h3-4,12-13H,1-2,5H2. The molecule has 1 rings (SSSR count). The van der Waals surface area contributed by atoms with Gasteiger partial charge in [0.2, 0.25) is 0 Å². The van der Waals surface area contributed by atoms with Crippen LogP contribution < -0.4 is 0 Å². The third kappa shape index (κ3) is 2.15. The Balaban J connectivity index is 2.96. The van der Waals surface area contributed by atoms with Crippen molar-refractivity contribution in [3.05, 3.63) is 29.3 Å². The van der Waals surface area contributed by atoms with Crippen molar-refractivity contribution < 1.29 is 19.0 Å². The van der Waals surface area contributed by atoms with Crippen LogP contribution in [0.3, 0.4) is 0 Å². The Morgan fingerprint density at radius 1 is 1.15 bits per heavy atom. The van der Waals surface area contributed by atoms with E-state index in [1.165, 1.54) is 0 Å². The number of aliphatic hydroxyl groups is 1. The fraction of sp³-hybridized carbons (Fsp3) is 0.333. The van der Waals surface area contributed by atoms with E-state index in [4.69, 9.17) is 10.2 Å². The highest BCUT2D eigenvalue weighted by Crippen LogP contribution is 2.24. The third-order valence-electron chi connectivity index (χ3n) is 1.76. The zero-order valence-electron chi connectivity index (χ0n) is 6.93.